The summed E-state index contributed by atoms with van der Waals surface area (Å²) in [6.45, 7) is 4.13. The van der Waals surface area contributed by atoms with Crippen LogP contribution in [-0.4, -0.2) is 11.1 Å². The molecule has 0 radical (unpaired) electrons. The van der Waals surface area contributed by atoms with Gasteiger partial charge in [-0.05, 0) is 43.3 Å². The highest BCUT2D eigenvalue weighted by Crippen LogP contribution is 2.13. The molecule has 0 aliphatic heterocycles. The standard InChI is InChI=1S/C15H18F2N2/c1-2-7-18-10-14-4-3-8-19(14)11-12-9-13(16)5-6-15(12)17/h3-6,8-9,18H,2,7,10-11H2,1H3. The van der Waals surface area contributed by atoms with Crippen LogP contribution in [0.4, 0.5) is 8.78 Å². The highest BCUT2D eigenvalue weighted by molar-refractivity contribution is 5.20. The van der Waals surface area contributed by atoms with Crippen LogP contribution in [0.15, 0.2) is 36.5 Å². The van der Waals surface area contributed by atoms with Crippen LogP contribution in [0.1, 0.15) is 24.6 Å². The molecule has 0 fully saturated rings. The molecular weight excluding hydrogens is 246 g/mol. The van der Waals surface area contributed by atoms with Crippen molar-refractivity contribution in [3.8, 4) is 0 Å². The summed E-state index contributed by atoms with van der Waals surface area (Å²) in [5, 5.41) is 3.30. The Morgan fingerprint density at radius 2 is 2.05 bits per heavy atom. The highest BCUT2D eigenvalue weighted by Gasteiger charge is 2.07. The number of halogens is 2. The maximum atomic E-state index is 13.6. The van der Waals surface area contributed by atoms with Crippen LogP contribution < -0.4 is 5.32 Å². The Morgan fingerprint density at radius 3 is 2.84 bits per heavy atom. The summed E-state index contributed by atoms with van der Waals surface area (Å²) >= 11 is 0. The summed E-state index contributed by atoms with van der Waals surface area (Å²) in [5.74, 6) is -0.781. The normalized spacial score (nSPS) is 10.9. The van der Waals surface area contributed by atoms with Crippen LogP contribution >= 0.6 is 0 Å². The zero-order valence-corrected chi connectivity index (χ0v) is 11.0. The van der Waals surface area contributed by atoms with Crippen molar-refractivity contribution in [2.45, 2.75) is 26.4 Å². The lowest BCUT2D eigenvalue weighted by atomic mass is 10.2. The maximum Gasteiger partial charge on any atom is 0.128 e. The summed E-state index contributed by atoms with van der Waals surface area (Å²) in [7, 11) is 0. The third-order valence-corrected chi connectivity index (χ3v) is 3.00. The van der Waals surface area contributed by atoms with Gasteiger partial charge in [-0.1, -0.05) is 6.92 Å². The largest absolute Gasteiger partial charge is 0.346 e. The number of aromatic nitrogens is 1. The van der Waals surface area contributed by atoms with Gasteiger partial charge in [-0.25, -0.2) is 8.78 Å². The van der Waals surface area contributed by atoms with Crippen molar-refractivity contribution in [1.29, 1.82) is 0 Å². The quantitative estimate of drug-likeness (QED) is 0.792. The van der Waals surface area contributed by atoms with Crippen LogP contribution in [0.5, 0.6) is 0 Å². The number of nitrogens with one attached hydrogen (secondary N) is 1. The van der Waals surface area contributed by atoms with Gasteiger partial charge in [0.25, 0.3) is 0 Å². The number of nitrogens with zero attached hydrogens (tertiary/aromatic N) is 1. The molecule has 0 atom stereocenters. The molecule has 0 spiro atoms. The zero-order valence-electron chi connectivity index (χ0n) is 11.0. The van der Waals surface area contributed by atoms with Gasteiger partial charge < -0.3 is 9.88 Å². The Hall–Kier alpha value is -1.68. The summed E-state index contributed by atoms with van der Waals surface area (Å²) < 4.78 is 28.7. The maximum absolute atomic E-state index is 13.6. The molecular formula is C15H18F2N2. The second-order valence-corrected chi connectivity index (χ2v) is 4.54. The van der Waals surface area contributed by atoms with Crippen molar-refractivity contribution in [1.82, 2.24) is 9.88 Å². The van der Waals surface area contributed by atoms with Crippen molar-refractivity contribution in [3.05, 3.63) is 59.4 Å². The number of rotatable bonds is 6. The molecule has 0 saturated heterocycles. The highest BCUT2D eigenvalue weighted by atomic mass is 19.1. The molecule has 2 nitrogen and oxygen atoms in total. The van der Waals surface area contributed by atoms with E-state index in [-0.39, 0.29) is 5.82 Å². The van der Waals surface area contributed by atoms with Crippen molar-refractivity contribution in [2.24, 2.45) is 0 Å². The lowest BCUT2D eigenvalue weighted by Gasteiger charge is -2.11. The number of hydrogen-bond acceptors (Lipinski definition) is 1. The third kappa shape index (κ3) is 3.64. The van der Waals surface area contributed by atoms with Gasteiger partial charge in [-0.3, -0.25) is 0 Å². The summed E-state index contributed by atoms with van der Waals surface area (Å²) in [4.78, 5) is 0. The van der Waals surface area contributed by atoms with E-state index < -0.39 is 5.82 Å². The molecule has 0 saturated carbocycles. The fourth-order valence-electron chi connectivity index (χ4n) is 2.01. The number of benzene rings is 1. The van der Waals surface area contributed by atoms with Crippen molar-refractivity contribution >= 4 is 0 Å². The van der Waals surface area contributed by atoms with Gasteiger partial charge in [0.2, 0.25) is 0 Å². The molecule has 1 N–H and O–H groups in total. The summed E-state index contributed by atoms with van der Waals surface area (Å²) in [5.41, 5.74) is 1.44. The molecule has 0 unspecified atom stereocenters. The van der Waals surface area contributed by atoms with E-state index in [1.54, 1.807) is 0 Å². The van der Waals surface area contributed by atoms with E-state index in [2.05, 4.69) is 12.2 Å². The predicted molar refractivity (Wildman–Crippen MR) is 71.9 cm³/mol. The molecule has 1 aromatic heterocycles. The van der Waals surface area contributed by atoms with E-state index in [9.17, 15) is 8.78 Å². The lowest BCUT2D eigenvalue weighted by Crippen LogP contribution is -2.17. The summed E-state index contributed by atoms with van der Waals surface area (Å²) in [6.07, 6.45) is 2.95. The smallest absolute Gasteiger partial charge is 0.128 e. The Bertz CT molecular complexity index is 535. The monoisotopic (exact) mass is 264 g/mol. The summed E-state index contributed by atoms with van der Waals surface area (Å²) in [6, 6.07) is 7.46. The van der Waals surface area contributed by atoms with Crippen LogP contribution in [-0.2, 0) is 13.1 Å². The minimum absolute atomic E-state index is 0.347. The van der Waals surface area contributed by atoms with Gasteiger partial charge >= 0.3 is 0 Å². The molecule has 0 amide bonds. The average molecular weight is 264 g/mol. The first-order valence-electron chi connectivity index (χ1n) is 6.49. The molecule has 2 rings (SSSR count). The molecule has 1 heterocycles. The molecule has 0 aliphatic carbocycles. The molecule has 19 heavy (non-hydrogen) atoms. The average Bonchev–Trinajstić information content (AvgIpc) is 2.82. The van der Waals surface area contributed by atoms with Gasteiger partial charge in [0.1, 0.15) is 11.6 Å². The van der Waals surface area contributed by atoms with Crippen molar-refractivity contribution < 1.29 is 8.78 Å². The Labute approximate surface area is 112 Å². The molecule has 1 aromatic carbocycles. The molecule has 102 valence electrons. The second-order valence-electron chi connectivity index (χ2n) is 4.54. The van der Waals surface area contributed by atoms with E-state index >= 15 is 0 Å². The Balaban J connectivity index is 2.10. The van der Waals surface area contributed by atoms with Crippen molar-refractivity contribution in [2.75, 3.05) is 6.54 Å². The van der Waals surface area contributed by atoms with Crippen LogP contribution in [0.2, 0.25) is 0 Å². The Kier molecular flexibility index (Phi) is 4.68. The van der Waals surface area contributed by atoms with Gasteiger partial charge in [0.15, 0.2) is 0 Å². The first kappa shape index (κ1) is 13.7. The fraction of sp³-hybridized carbons (Fsp3) is 0.333. The minimum Gasteiger partial charge on any atom is -0.346 e. The van der Waals surface area contributed by atoms with Crippen molar-refractivity contribution in [3.63, 3.8) is 0 Å². The fourth-order valence-corrected chi connectivity index (χ4v) is 2.01. The molecule has 0 aliphatic rings. The third-order valence-electron chi connectivity index (χ3n) is 3.00. The predicted octanol–water partition coefficient (Wildman–Crippen LogP) is 3.31. The van der Waals surface area contributed by atoms with Gasteiger partial charge in [-0.2, -0.15) is 0 Å². The van der Waals surface area contributed by atoms with Gasteiger partial charge in [-0.15, -0.1) is 0 Å². The first-order valence-corrected chi connectivity index (χ1v) is 6.49. The SMILES string of the molecule is CCCNCc1cccn1Cc1cc(F)ccc1F. The molecule has 4 heteroatoms. The Morgan fingerprint density at radius 1 is 1.21 bits per heavy atom. The van der Waals surface area contributed by atoms with Crippen LogP contribution in [0.3, 0.4) is 0 Å². The van der Waals surface area contributed by atoms with E-state index in [4.69, 9.17) is 0 Å². The topological polar surface area (TPSA) is 17.0 Å². The van der Waals surface area contributed by atoms with E-state index in [1.807, 2.05) is 22.9 Å². The van der Waals surface area contributed by atoms with Gasteiger partial charge in [0, 0.05) is 24.0 Å². The van der Waals surface area contributed by atoms with Crippen LogP contribution in [0, 0.1) is 11.6 Å². The lowest BCUT2D eigenvalue weighted by molar-refractivity contribution is 0.569. The molecule has 0 bridgehead atoms. The van der Waals surface area contributed by atoms with Gasteiger partial charge in [0.05, 0.1) is 6.54 Å². The second kappa shape index (κ2) is 6.48. The van der Waals surface area contributed by atoms with E-state index in [0.29, 0.717) is 12.1 Å². The van der Waals surface area contributed by atoms with E-state index in [1.165, 1.54) is 12.1 Å². The number of hydrogen-bond donors (Lipinski definition) is 1. The minimum atomic E-state index is -0.408. The van der Waals surface area contributed by atoms with Crippen LogP contribution in [0.25, 0.3) is 0 Å². The first-order chi connectivity index (χ1) is 9.20. The zero-order chi connectivity index (χ0) is 13.7. The molecule has 2 aromatic rings. The van der Waals surface area contributed by atoms with E-state index in [0.717, 1.165) is 31.3 Å².